The van der Waals surface area contributed by atoms with Gasteiger partial charge in [0.15, 0.2) is 16.9 Å². The molecule has 0 saturated heterocycles. The molecular weight excluding hydrogens is 318 g/mol. The monoisotopic (exact) mass is 323 g/mol. The molecule has 0 aliphatic rings. The Kier molecular flexibility index (Phi) is 2.85. The molecule has 0 N–H and O–H groups in total. The van der Waals surface area contributed by atoms with Crippen molar-refractivity contribution in [2.75, 3.05) is 0 Å². The number of nitrogens with zero attached hydrogens (tertiary/aromatic N) is 3. The third-order valence-electron chi connectivity index (χ3n) is 2.27. The van der Waals surface area contributed by atoms with Gasteiger partial charge in [0, 0.05) is 22.2 Å². The smallest absolute Gasteiger partial charge is 0.250 e. The van der Waals surface area contributed by atoms with E-state index >= 15 is 0 Å². The fraction of sp³-hybridized carbons (Fsp3) is 0. The lowest BCUT2D eigenvalue weighted by atomic mass is 10.4. The van der Waals surface area contributed by atoms with Crippen LogP contribution < -0.4 is 4.74 Å². The molecule has 0 unspecified atom stereocenters. The van der Waals surface area contributed by atoms with Gasteiger partial charge in [-0.2, -0.15) is 4.98 Å². The van der Waals surface area contributed by atoms with Gasteiger partial charge < -0.3 is 4.74 Å². The number of thiazole rings is 1. The Bertz CT molecular complexity index is 722. The van der Waals surface area contributed by atoms with Crippen LogP contribution in [-0.2, 0) is 0 Å². The van der Waals surface area contributed by atoms with Gasteiger partial charge in [0.05, 0.1) is 6.20 Å². The first kappa shape index (κ1) is 11.4. The maximum absolute atomic E-state index is 11.1. The predicted molar refractivity (Wildman–Crippen MR) is 70.5 cm³/mol. The van der Waals surface area contributed by atoms with E-state index in [0.717, 1.165) is 15.7 Å². The molecule has 18 heavy (non-hydrogen) atoms. The highest BCUT2D eigenvalue weighted by Crippen LogP contribution is 2.27. The molecule has 0 atom stereocenters. The molecule has 0 bridgehead atoms. The zero-order chi connectivity index (χ0) is 12.5. The van der Waals surface area contributed by atoms with E-state index in [1.165, 1.54) is 11.3 Å². The maximum atomic E-state index is 11.1. The second-order valence-electron chi connectivity index (χ2n) is 3.42. The number of hydrogen-bond acceptors (Lipinski definition) is 5. The highest BCUT2D eigenvalue weighted by molar-refractivity contribution is 9.10. The fourth-order valence-corrected chi connectivity index (χ4v) is 2.58. The van der Waals surface area contributed by atoms with Gasteiger partial charge in [-0.25, -0.2) is 0 Å². The van der Waals surface area contributed by atoms with E-state index in [4.69, 9.17) is 4.74 Å². The Balaban J connectivity index is 2.04. The number of aldehydes is 1. The minimum absolute atomic E-state index is 0.289. The largest absolute Gasteiger partial charge is 0.435 e. The lowest BCUT2D eigenvalue weighted by Crippen LogP contribution is -1.92. The van der Waals surface area contributed by atoms with Crippen LogP contribution in [0.4, 0.5) is 0 Å². The first-order valence-corrected chi connectivity index (χ1v) is 6.64. The molecule has 90 valence electrons. The van der Waals surface area contributed by atoms with Gasteiger partial charge in [-0.05, 0) is 22.0 Å². The van der Waals surface area contributed by atoms with Crippen molar-refractivity contribution in [2.24, 2.45) is 0 Å². The van der Waals surface area contributed by atoms with Gasteiger partial charge in [-0.15, -0.1) is 11.3 Å². The third-order valence-corrected chi connectivity index (χ3v) is 3.46. The minimum atomic E-state index is 0.289. The summed E-state index contributed by atoms with van der Waals surface area (Å²) in [4.78, 5) is 20.1. The third kappa shape index (κ3) is 1.91. The Morgan fingerprint density at radius 3 is 3.11 bits per heavy atom. The first-order valence-electron chi connectivity index (χ1n) is 4.97. The van der Waals surface area contributed by atoms with Crippen LogP contribution in [0.1, 0.15) is 10.5 Å². The van der Waals surface area contributed by atoms with Crippen LogP contribution in [-0.4, -0.2) is 20.7 Å². The Morgan fingerprint density at radius 1 is 1.44 bits per heavy atom. The molecule has 0 spiro atoms. The van der Waals surface area contributed by atoms with Crippen LogP contribution in [0.5, 0.6) is 11.6 Å². The first-order chi connectivity index (χ1) is 8.78. The van der Waals surface area contributed by atoms with Gasteiger partial charge in [0.25, 0.3) is 0 Å². The van der Waals surface area contributed by atoms with Crippen molar-refractivity contribution in [3.8, 4) is 11.6 Å². The number of fused-ring (bicyclic) bond motifs is 1. The molecule has 0 aliphatic heterocycles. The number of ether oxygens (including phenoxy) is 1. The molecule has 0 saturated carbocycles. The summed E-state index contributed by atoms with van der Waals surface area (Å²) in [7, 11) is 0. The molecule has 3 rings (SSSR count). The number of carbonyl (C=O) groups is 1. The molecular formula is C11H6BrN3O2S. The van der Waals surface area contributed by atoms with Crippen LogP contribution in [0.25, 0.3) is 4.96 Å². The van der Waals surface area contributed by atoms with E-state index in [0.29, 0.717) is 11.4 Å². The molecule has 0 amide bonds. The molecule has 3 heterocycles. The molecule has 0 radical (unpaired) electrons. The number of halogens is 1. The summed E-state index contributed by atoms with van der Waals surface area (Å²) in [5.74, 6) is 0.815. The minimum Gasteiger partial charge on any atom is -0.435 e. The summed E-state index contributed by atoms with van der Waals surface area (Å²) in [5, 5.41) is 1.86. The standard InChI is InChI=1S/C11H6BrN3O2S/c12-7-3-8(5-13-4-7)17-10-9(6-16)15-1-2-18-11(15)14-10/h1-6H. The van der Waals surface area contributed by atoms with Crippen molar-refractivity contribution in [3.63, 3.8) is 0 Å². The molecule has 7 heteroatoms. The molecule has 5 nitrogen and oxygen atoms in total. The lowest BCUT2D eigenvalue weighted by Gasteiger charge is -2.02. The van der Waals surface area contributed by atoms with E-state index in [1.807, 2.05) is 5.38 Å². The van der Waals surface area contributed by atoms with Crippen molar-refractivity contribution in [1.29, 1.82) is 0 Å². The number of aromatic nitrogens is 3. The summed E-state index contributed by atoms with van der Waals surface area (Å²) in [5.41, 5.74) is 0.395. The predicted octanol–water partition coefficient (Wildman–Crippen LogP) is 3.16. The number of pyridine rings is 1. The van der Waals surface area contributed by atoms with Crippen molar-refractivity contribution >= 4 is 38.5 Å². The number of hydrogen-bond donors (Lipinski definition) is 0. The van der Waals surface area contributed by atoms with Gasteiger partial charge in [0.2, 0.25) is 5.88 Å². The number of rotatable bonds is 3. The Morgan fingerprint density at radius 2 is 2.33 bits per heavy atom. The lowest BCUT2D eigenvalue weighted by molar-refractivity contribution is 0.111. The van der Waals surface area contributed by atoms with Gasteiger partial charge in [0.1, 0.15) is 5.75 Å². The quantitative estimate of drug-likeness (QED) is 0.695. The van der Waals surface area contributed by atoms with E-state index in [2.05, 4.69) is 25.9 Å². The van der Waals surface area contributed by atoms with E-state index in [1.54, 1.807) is 29.1 Å². The second kappa shape index (κ2) is 4.51. The van der Waals surface area contributed by atoms with Crippen molar-refractivity contribution in [3.05, 3.63) is 40.2 Å². The van der Waals surface area contributed by atoms with Crippen LogP contribution in [0, 0.1) is 0 Å². The summed E-state index contributed by atoms with van der Waals surface area (Å²) >= 11 is 4.74. The summed E-state index contributed by atoms with van der Waals surface area (Å²) < 4.78 is 8.07. The highest BCUT2D eigenvalue weighted by atomic mass is 79.9. The molecule has 0 aromatic carbocycles. The van der Waals surface area contributed by atoms with Crippen LogP contribution in [0.2, 0.25) is 0 Å². The van der Waals surface area contributed by atoms with Gasteiger partial charge in [-0.3, -0.25) is 14.2 Å². The van der Waals surface area contributed by atoms with Crippen molar-refractivity contribution in [2.45, 2.75) is 0 Å². The molecule has 3 aromatic rings. The summed E-state index contributed by atoms with van der Waals surface area (Å²) in [6, 6.07) is 1.76. The SMILES string of the molecule is O=Cc1c(Oc2cncc(Br)c2)nc2sccn12. The van der Waals surface area contributed by atoms with E-state index in [-0.39, 0.29) is 5.88 Å². The Hall–Kier alpha value is -1.73. The zero-order valence-corrected chi connectivity index (χ0v) is 11.3. The topological polar surface area (TPSA) is 56.5 Å². The number of imidazole rings is 1. The summed E-state index contributed by atoms with van der Waals surface area (Å²) in [6.07, 6.45) is 5.72. The normalized spacial score (nSPS) is 10.7. The van der Waals surface area contributed by atoms with Crippen molar-refractivity contribution in [1.82, 2.24) is 14.4 Å². The highest BCUT2D eigenvalue weighted by Gasteiger charge is 2.14. The van der Waals surface area contributed by atoms with Crippen molar-refractivity contribution < 1.29 is 9.53 Å². The Labute approximate surface area is 114 Å². The van der Waals surface area contributed by atoms with Crippen LogP contribution >= 0.6 is 27.3 Å². The van der Waals surface area contributed by atoms with E-state index in [9.17, 15) is 4.79 Å². The number of carbonyl (C=O) groups excluding carboxylic acids is 1. The fourth-order valence-electron chi connectivity index (χ4n) is 1.53. The molecule has 0 fully saturated rings. The average Bonchev–Trinajstić information content (AvgIpc) is 2.89. The van der Waals surface area contributed by atoms with Crippen LogP contribution in [0.15, 0.2) is 34.5 Å². The van der Waals surface area contributed by atoms with Gasteiger partial charge >= 0.3 is 0 Å². The van der Waals surface area contributed by atoms with Gasteiger partial charge in [-0.1, -0.05) is 0 Å². The zero-order valence-electron chi connectivity index (χ0n) is 8.91. The van der Waals surface area contributed by atoms with Crippen LogP contribution in [0.3, 0.4) is 0 Å². The average molecular weight is 324 g/mol. The van der Waals surface area contributed by atoms with E-state index < -0.39 is 0 Å². The molecule has 3 aromatic heterocycles. The molecule has 0 aliphatic carbocycles. The second-order valence-corrected chi connectivity index (χ2v) is 5.21. The maximum Gasteiger partial charge on any atom is 0.250 e. The summed E-state index contributed by atoms with van der Waals surface area (Å²) in [6.45, 7) is 0.